The molecule has 0 aliphatic rings. The third-order valence-corrected chi connectivity index (χ3v) is 6.80. The van der Waals surface area contributed by atoms with E-state index < -0.39 is 30.1 Å². The molecule has 7 heteroatoms. The molecule has 1 atom stereocenters. The summed E-state index contributed by atoms with van der Waals surface area (Å²) in [6.45, 7) is 3.84. The third kappa shape index (κ3) is 9.02. The average molecular weight is 560 g/mol. The van der Waals surface area contributed by atoms with Gasteiger partial charge in [-0.15, -0.1) is 0 Å². The number of ketones is 1. The van der Waals surface area contributed by atoms with Crippen molar-refractivity contribution < 1.29 is 28.6 Å². The first kappa shape index (κ1) is 31.6. The highest BCUT2D eigenvalue weighted by Gasteiger charge is 2.51. The van der Waals surface area contributed by atoms with Crippen molar-refractivity contribution in [1.82, 2.24) is 0 Å². The molecule has 3 aromatic carbocycles. The van der Waals surface area contributed by atoms with Gasteiger partial charge >= 0.3 is 17.7 Å². The number of aryl methyl sites for hydroxylation is 2. The lowest BCUT2D eigenvalue weighted by Crippen LogP contribution is -2.55. The van der Waals surface area contributed by atoms with Crippen LogP contribution in [0.1, 0.15) is 73.9 Å². The van der Waals surface area contributed by atoms with Crippen LogP contribution in [0.25, 0.3) is 0 Å². The van der Waals surface area contributed by atoms with E-state index in [4.69, 9.17) is 14.2 Å². The molecule has 0 spiro atoms. The van der Waals surface area contributed by atoms with Gasteiger partial charge in [0.2, 0.25) is 5.78 Å². The monoisotopic (exact) mass is 559 g/mol. The Bertz CT molecular complexity index is 1260. The van der Waals surface area contributed by atoms with Gasteiger partial charge in [0.15, 0.2) is 6.61 Å². The predicted octanol–water partition coefficient (Wildman–Crippen LogP) is 6.94. The van der Waals surface area contributed by atoms with E-state index in [1.165, 1.54) is 24.1 Å². The normalized spacial score (nSPS) is 12.3. The van der Waals surface area contributed by atoms with Crippen LogP contribution in [-0.4, -0.2) is 37.2 Å². The quantitative estimate of drug-likeness (QED) is 0.0634. The van der Waals surface area contributed by atoms with Crippen LogP contribution in [-0.2, 0) is 31.9 Å². The van der Waals surface area contributed by atoms with Crippen molar-refractivity contribution in [2.45, 2.75) is 71.0 Å². The SMILES string of the molecule is CCCCCc1ccc(OCC(=O)OC(OC)(C(=O)Nc2ccccc2)C(=O)c2ccccc2)c(CCCCC)c1. The van der Waals surface area contributed by atoms with Gasteiger partial charge < -0.3 is 19.5 Å². The number of rotatable bonds is 17. The second kappa shape index (κ2) is 16.3. The van der Waals surface area contributed by atoms with E-state index in [-0.39, 0.29) is 5.56 Å². The number of benzene rings is 3. The molecule has 1 N–H and O–H groups in total. The molecule has 0 fully saturated rings. The number of esters is 1. The van der Waals surface area contributed by atoms with E-state index >= 15 is 0 Å². The highest BCUT2D eigenvalue weighted by molar-refractivity contribution is 6.19. The summed E-state index contributed by atoms with van der Waals surface area (Å²) in [5.74, 6) is -4.61. The largest absolute Gasteiger partial charge is 0.482 e. The molecule has 0 aliphatic carbocycles. The summed E-state index contributed by atoms with van der Waals surface area (Å²) < 4.78 is 16.9. The van der Waals surface area contributed by atoms with Gasteiger partial charge in [0.05, 0.1) is 0 Å². The van der Waals surface area contributed by atoms with Crippen LogP contribution in [0.5, 0.6) is 5.75 Å². The van der Waals surface area contributed by atoms with Crippen molar-refractivity contribution in [2.24, 2.45) is 0 Å². The molecular weight excluding hydrogens is 518 g/mol. The van der Waals surface area contributed by atoms with E-state index in [0.29, 0.717) is 11.4 Å². The van der Waals surface area contributed by atoms with Gasteiger partial charge in [0.1, 0.15) is 5.75 Å². The molecule has 0 saturated heterocycles. The Kier molecular flexibility index (Phi) is 12.6. The fourth-order valence-corrected chi connectivity index (χ4v) is 4.53. The molecule has 3 aromatic rings. The molecule has 41 heavy (non-hydrogen) atoms. The molecule has 0 saturated carbocycles. The number of para-hydroxylation sites is 1. The van der Waals surface area contributed by atoms with Gasteiger partial charge in [-0.1, -0.05) is 100 Å². The van der Waals surface area contributed by atoms with Crippen LogP contribution in [0.15, 0.2) is 78.9 Å². The van der Waals surface area contributed by atoms with Crippen LogP contribution in [0, 0.1) is 0 Å². The Morgan fingerprint density at radius 3 is 2.05 bits per heavy atom. The maximum Gasteiger partial charge on any atom is 0.359 e. The highest BCUT2D eigenvalue weighted by Crippen LogP contribution is 2.26. The summed E-state index contributed by atoms with van der Waals surface area (Å²) in [4.78, 5) is 40.2. The van der Waals surface area contributed by atoms with E-state index in [1.807, 2.05) is 12.1 Å². The molecule has 218 valence electrons. The number of ether oxygens (including phenoxy) is 3. The van der Waals surface area contributed by atoms with E-state index in [2.05, 4.69) is 25.2 Å². The standard InChI is InChI=1S/C34H41NO6/c1-4-6-10-16-26-22-23-30(28(24-26)19-11-7-5-2)40-25-31(36)41-34(39-3,32(37)27-17-12-8-13-18-27)33(38)35-29-20-14-9-15-21-29/h8-9,12-15,17-18,20-24H,4-7,10-11,16,19,25H2,1-3H3,(H,35,38). The number of Topliss-reactive ketones (excluding diaryl/α,β-unsaturated/α-hetero) is 1. The average Bonchev–Trinajstić information content (AvgIpc) is 3.00. The van der Waals surface area contributed by atoms with Crippen molar-refractivity contribution in [3.8, 4) is 5.75 Å². The molecule has 0 aromatic heterocycles. The Morgan fingerprint density at radius 2 is 1.41 bits per heavy atom. The second-order valence-electron chi connectivity index (χ2n) is 9.96. The van der Waals surface area contributed by atoms with Gasteiger partial charge in [-0.2, -0.15) is 0 Å². The number of carbonyl (C=O) groups is 3. The van der Waals surface area contributed by atoms with Crippen LogP contribution in [0.3, 0.4) is 0 Å². The van der Waals surface area contributed by atoms with Gasteiger partial charge in [0.25, 0.3) is 0 Å². The first-order valence-corrected chi connectivity index (χ1v) is 14.4. The number of nitrogens with one attached hydrogen (secondary N) is 1. The first-order valence-electron chi connectivity index (χ1n) is 14.4. The van der Waals surface area contributed by atoms with Gasteiger partial charge in [-0.25, -0.2) is 4.79 Å². The smallest absolute Gasteiger partial charge is 0.359 e. The highest BCUT2D eigenvalue weighted by atomic mass is 16.7. The number of hydrogen-bond acceptors (Lipinski definition) is 6. The van der Waals surface area contributed by atoms with Crippen LogP contribution >= 0.6 is 0 Å². The molecule has 3 rings (SSSR count). The second-order valence-corrected chi connectivity index (χ2v) is 9.96. The van der Waals surface area contributed by atoms with E-state index in [1.54, 1.807) is 48.5 Å². The molecule has 0 heterocycles. The topological polar surface area (TPSA) is 90.9 Å². The molecule has 1 unspecified atom stereocenters. The van der Waals surface area contributed by atoms with Crippen LogP contribution < -0.4 is 10.1 Å². The van der Waals surface area contributed by atoms with Crippen LogP contribution in [0.4, 0.5) is 5.69 Å². The molecule has 1 amide bonds. The van der Waals surface area contributed by atoms with E-state index in [0.717, 1.165) is 57.6 Å². The maximum atomic E-state index is 13.6. The van der Waals surface area contributed by atoms with Crippen molar-refractivity contribution >= 4 is 23.3 Å². The van der Waals surface area contributed by atoms with Gasteiger partial charge in [0, 0.05) is 18.4 Å². The minimum Gasteiger partial charge on any atom is -0.482 e. The van der Waals surface area contributed by atoms with Crippen molar-refractivity contribution in [1.29, 1.82) is 0 Å². The number of unbranched alkanes of at least 4 members (excludes halogenated alkanes) is 4. The maximum absolute atomic E-state index is 13.6. The molecular formula is C34H41NO6. The van der Waals surface area contributed by atoms with Gasteiger partial charge in [-0.05, 0) is 55.0 Å². The Morgan fingerprint density at radius 1 is 0.780 bits per heavy atom. The number of carbonyl (C=O) groups excluding carboxylic acids is 3. The summed E-state index contributed by atoms with van der Waals surface area (Å²) in [5, 5.41) is 2.63. The lowest BCUT2D eigenvalue weighted by Gasteiger charge is -2.29. The summed E-state index contributed by atoms with van der Waals surface area (Å²) in [5.41, 5.74) is 2.84. The molecule has 7 nitrogen and oxygen atoms in total. The lowest BCUT2D eigenvalue weighted by molar-refractivity contribution is -0.201. The number of anilines is 1. The zero-order valence-corrected chi connectivity index (χ0v) is 24.3. The van der Waals surface area contributed by atoms with E-state index in [9.17, 15) is 14.4 Å². The van der Waals surface area contributed by atoms with Crippen LogP contribution in [0.2, 0.25) is 0 Å². The summed E-state index contributed by atoms with van der Waals surface area (Å²) in [6, 6.07) is 22.7. The first-order chi connectivity index (χ1) is 19.9. The zero-order chi connectivity index (χ0) is 29.5. The summed E-state index contributed by atoms with van der Waals surface area (Å²) in [6.07, 6.45) is 8.47. The van der Waals surface area contributed by atoms with Gasteiger partial charge in [-0.3, -0.25) is 9.59 Å². The Balaban J connectivity index is 1.80. The predicted molar refractivity (Wildman–Crippen MR) is 160 cm³/mol. The minimum absolute atomic E-state index is 0.156. The number of methoxy groups -OCH3 is 1. The zero-order valence-electron chi connectivity index (χ0n) is 24.3. The number of amides is 1. The summed E-state index contributed by atoms with van der Waals surface area (Å²) >= 11 is 0. The fourth-order valence-electron chi connectivity index (χ4n) is 4.53. The summed E-state index contributed by atoms with van der Waals surface area (Å²) in [7, 11) is 1.16. The minimum atomic E-state index is -2.55. The molecule has 0 bridgehead atoms. The van der Waals surface area contributed by atoms with Crippen molar-refractivity contribution in [3.63, 3.8) is 0 Å². The Labute approximate surface area is 243 Å². The third-order valence-electron chi connectivity index (χ3n) is 6.80. The van der Waals surface area contributed by atoms with Crippen molar-refractivity contribution in [2.75, 3.05) is 19.0 Å². The fraction of sp³-hybridized carbons (Fsp3) is 0.382. The number of hydrogen-bond donors (Lipinski definition) is 1. The molecule has 0 radical (unpaired) electrons. The Hall–Kier alpha value is -3.97. The molecule has 0 aliphatic heterocycles. The van der Waals surface area contributed by atoms with Crippen molar-refractivity contribution in [3.05, 3.63) is 95.6 Å². The lowest BCUT2D eigenvalue weighted by atomic mass is 10.0.